The summed E-state index contributed by atoms with van der Waals surface area (Å²) in [5, 5.41) is 5.12. The van der Waals surface area contributed by atoms with Crippen molar-refractivity contribution in [3.05, 3.63) is 40.3 Å². The highest BCUT2D eigenvalue weighted by Gasteiger charge is 2.30. The van der Waals surface area contributed by atoms with Gasteiger partial charge in [-0.1, -0.05) is 32.0 Å². The maximum Gasteiger partial charge on any atom is 0.359 e. The third-order valence-electron chi connectivity index (χ3n) is 5.41. The van der Waals surface area contributed by atoms with Gasteiger partial charge in [-0.05, 0) is 45.1 Å². The summed E-state index contributed by atoms with van der Waals surface area (Å²) in [5.41, 5.74) is -0.175. The number of esters is 1. The number of carbonyl (C=O) groups excluding carboxylic acids is 2. The lowest BCUT2D eigenvalue weighted by molar-refractivity contribution is -0.140. The lowest BCUT2D eigenvalue weighted by Crippen LogP contribution is -2.49. The first kappa shape index (κ1) is 21.0. The van der Waals surface area contributed by atoms with Crippen LogP contribution in [0.1, 0.15) is 57.4 Å². The van der Waals surface area contributed by atoms with Gasteiger partial charge >= 0.3 is 5.97 Å². The highest BCUT2D eigenvalue weighted by atomic mass is 16.5. The van der Waals surface area contributed by atoms with Gasteiger partial charge in [-0.25, -0.2) is 9.48 Å². The van der Waals surface area contributed by atoms with Crippen molar-refractivity contribution in [2.75, 3.05) is 6.61 Å². The van der Waals surface area contributed by atoms with E-state index in [1.165, 1.54) is 4.68 Å². The summed E-state index contributed by atoms with van der Waals surface area (Å²) in [4.78, 5) is 39.9. The molecule has 3 rings (SSSR count). The monoisotopic (exact) mass is 399 g/mol. The van der Waals surface area contributed by atoms with Gasteiger partial charge in [0.25, 0.3) is 11.5 Å². The molecule has 2 aromatic rings. The summed E-state index contributed by atoms with van der Waals surface area (Å²) < 4.78 is 6.65. The first-order valence-electron chi connectivity index (χ1n) is 10.3. The fourth-order valence-corrected chi connectivity index (χ4v) is 4.04. The second-order valence-corrected chi connectivity index (χ2v) is 8.28. The van der Waals surface area contributed by atoms with E-state index in [9.17, 15) is 14.4 Å². The van der Waals surface area contributed by atoms with E-state index < -0.39 is 5.97 Å². The third kappa shape index (κ3) is 4.49. The van der Waals surface area contributed by atoms with Crippen LogP contribution < -0.4 is 5.56 Å². The van der Waals surface area contributed by atoms with Crippen molar-refractivity contribution in [3.63, 3.8) is 0 Å². The van der Waals surface area contributed by atoms with Crippen molar-refractivity contribution in [1.29, 1.82) is 0 Å². The van der Waals surface area contributed by atoms with Crippen molar-refractivity contribution in [3.8, 4) is 0 Å². The minimum Gasteiger partial charge on any atom is -0.451 e. The van der Waals surface area contributed by atoms with E-state index in [2.05, 4.69) is 5.10 Å². The number of likely N-dealkylation sites (tertiary alicyclic amines) is 1. The number of hydrogen-bond acceptors (Lipinski definition) is 5. The SMILES string of the molecule is CC(C)Cn1nc(C(=O)OCC(=O)N2[C@H](C)CCC[C@H]2C)c2ccccc2c1=O. The molecule has 0 spiro atoms. The standard InChI is InChI=1S/C22H29N3O4/c1-14(2)12-24-21(27)18-11-6-5-10-17(18)20(23-24)22(28)29-13-19(26)25-15(3)8-7-9-16(25)4/h5-6,10-11,14-16H,7-9,12-13H2,1-4H3/t15-,16-/m1/s1. The highest BCUT2D eigenvalue weighted by Crippen LogP contribution is 2.22. The van der Waals surface area contributed by atoms with Crippen molar-refractivity contribution >= 4 is 22.6 Å². The number of ether oxygens (including phenoxy) is 1. The number of rotatable bonds is 5. The van der Waals surface area contributed by atoms with Crippen molar-refractivity contribution in [2.45, 2.75) is 65.6 Å². The van der Waals surface area contributed by atoms with Crippen LogP contribution in [0.2, 0.25) is 0 Å². The first-order valence-corrected chi connectivity index (χ1v) is 10.3. The second-order valence-electron chi connectivity index (χ2n) is 8.28. The molecule has 29 heavy (non-hydrogen) atoms. The molecule has 0 unspecified atom stereocenters. The number of carbonyl (C=O) groups is 2. The molecule has 0 aliphatic carbocycles. The summed E-state index contributed by atoms with van der Waals surface area (Å²) in [6.07, 6.45) is 3.01. The topological polar surface area (TPSA) is 81.5 Å². The Balaban J connectivity index is 1.84. The molecule has 1 aliphatic rings. The molecule has 0 radical (unpaired) electrons. The predicted octanol–water partition coefficient (Wildman–Crippen LogP) is 3.00. The average molecular weight is 399 g/mol. The Labute approximate surface area is 170 Å². The maximum absolute atomic E-state index is 12.8. The van der Waals surface area contributed by atoms with Crippen molar-refractivity contribution in [2.24, 2.45) is 5.92 Å². The summed E-state index contributed by atoms with van der Waals surface area (Å²) in [6.45, 7) is 8.05. The average Bonchev–Trinajstić information content (AvgIpc) is 2.68. The van der Waals surface area contributed by atoms with Crippen LogP contribution in [0.15, 0.2) is 29.1 Å². The van der Waals surface area contributed by atoms with Gasteiger partial charge < -0.3 is 9.64 Å². The molecule has 1 saturated heterocycles. The Morgan fingerprint density at radius 2 is 1.76 bits per heavy atom. The van der Waals surface area contributed by atoms with Gasteiger partial charge in [0.15, 0.2) is 12.3 Å². The molecule has 1 aliphatic heterocycles. The Hall–Kier alpha value is -2.70. The Bertz CT molecular complexity index is 956. The fourth-order valence-electron chi connectivity index (χ4n) is 4.04. The van der Waals surface area contributed by atoms with E-state index in [0.717, 1.165) is 19.3 Å². The van der Waals surface area contributed by atoms with Crippen molar-refractivity contribution in [1.82, 2.24) is 14.7 Å². The minimum atomic E-state index is -0.690. The zero-order valence-corrected chi connectivity index (χ0v) is 17.6. The molecule has 7 nitrogen and oxygen atoms in total. The van der Waals surface area contributed by atoms with E-state index in [1.54, 1.807) is 24.3 Å². The number of piperidine rings is 1. The Morgan fingerprint density at radius 1 is 1.14 bits per heavy atom. The Kier molecular flexibility index (Phi) is 6.35. The van der Waals surface area contributed by atoms with Gasteiger partial charge in [0, 0.05) is 24.0 Å². The lowest BCUT2D eigenvalue weighted by Gasteiger charge is -2.38. The molecular formula is C22H29N3O4. The van der Waals surface area contributed by atoms with Crippen LogP contribution in [0.5, 0.6) is 0 Å². The molecule has 1 amide bonds. The molecule has 1 aromatic carbocycles. The van der Waals surface area contributed by atoms with Crippen LogP contribution in [-0.4, -0.2) is 45.2 Å². The number of hydrogen-bond donors (Lipinski definition) is 0. The van der Waals surface area contributed by atoms with E-state index in [0.29, 0.717) is 17.3 Å². The van der Waals surface area contributed by atoms with Gasteiger partial charge in [0.05, 0.1) is 5.39 Å². The predicted molar refractivity (Wildman–Crippen MR) is 111 cm³/mol. The number of nitrogens with zero attached hydrogens (tertiary/aromatic N) is 3. The van der Waals surface area contributed by atoms with Crippen molar-refractivity contribution < 1.29 is 14.3 Å². The molecule has 1 aromatic heterocycles. The molecule has 1 fully saturated rings. The zero-order valence-electron chi connectivity index (χ0n) is 17.6. The van der Waals surface area contributed by atoms with E-state index >= 15 is 0 Å². The van der Waals surface area contributed by atoms with Gasteiger partial charge in [0.2, 0.25) is 0 Å². The first-order chi connectivity index (χ1) is 13.8. The summed E-state index contributed by atoms with van der Waals surface area (Å²) >= 11 is 0. The van der Waals surface area contributed by atoms with Gasteiger partial charge in [-0.2, -0.15) is 5.10 Å². The highest BCUT2D eigenvalue weighted by molar-refractivity contribution is 6.02. The van der Waals surface area contributed by atoms with E-state index in [-0.39, 0.29) is 41.8 Å². The fraction of sp³-hybridized carbons (Fsp3) is 0.545. The lowest BCUT2D eigenvalue weighted by atomic mass is 9.97. The van der Waals surface area contributed by atoms with Gasteiger partial charge in [-0.3, -0.25) is 9.59 Å². The normalized spacial score (nSPS) is 19.6. The molecule has 0 saturated carbocycles. The number of amides is 1. The van der Waals surface area contributed by atoms with Gasteiger partial charge in [0.1, 0.15) is 0 Å². The maximum atomic E-state index is 12.8. The van der Waals surface area contributed by atoms with Crippen LogP contribution in [-0.2, 0) is 16.1 Å². The molecule has 156 valence electrons. The smallest absolute Gasteiger partial charge is 0.359 e. The third-order valence-corrected chi connectivity index (χ3v) is 5.41. The van der Waals surface area contributed by atoms with Crippen LogP contribution in [0.25, 0.3) is 10.8 Å². The molecule has 0 N–H and O–H groups in total. The van der Waals surface area contributed by atoms with Gasteiger partial charge in [-0.15, -0.1) is 0 Å². The molecule has 7 heteroatoms. The van der Waals surface area contributed by atoms with E-state index in [4.69, 9.17) is 4.74 Å². The van der Waals surface area contributed by atoms with Crippen LogP contribution in [0.4, 0.5) is 0 Å². The van der Waals surface area contributed by atoms with E-state index in [1.807, 2.05) is 32.6 Å². The summed E-state index contributed by atoms with van der Waals surface area (Å²) in [5.74, 6) is -0.698. The second kappa shape index (κ2) is 8.76. The number of aromatic nitrogens is 2. The summed E-state index contributed by atoms with van der Waals surface area (Å²) in [6, 6.07) is 7.12. The minimum absolute atomic E-state index is 0.0633. The number of benzene rings is 1. The molecular weight excluding hydrogens is 370 g/mol. The molecule has 2 heterocycles. The van der Waals surface area contributed by atoms with Crippen LogP contribution in [0, 0.1) is 5.92 Å². The van der Waals surface area contributed by atoms with Crippen LogP contribution in [0.3, 0.4) is 0 Å². The largest absolute Gasteiger partial charge is 0.451 e. The quantitative estimate of drug-likeness (QED) is 0.722. The number of fused-ring (bicyclic) bond motifs is 1. The van der Waals surface area contributed by atoms with Crippen LogP contribution >= 0.6 is 0 Å². The Morgan fingerprint density at radius 3 is 2.38 bits per heavy atom. The summed E-state index contributed by atoms with van der Waals surface area (Å²) in [7, 11) is 0. The zero-order chi connectivity index (χ0) is 21.1. The molecule has 0 bridgehead atoms. The molecule has 2 atom stereocenters.